The van der Waals surface area contributed by atoms with Gasteiger partial charge in [0.1, 0.15) is 11.2 Å². The Morgan fingerprint density at radius 2 is 1.64 bits per heavy atom. The molecule has 1 aromatic carbocycles. The first-order valence-corrected chi connectivity index (χ1v) is 13.6. The molecule has 2 aliphatic rings. The fraction of sp³-hybridized carbons (Fsp3) is 0.552. The van der Waals surface area contributed by atoms with Crippen molar-refractivity contribution in [1.82, 2.24) is 26.3 Å². The summed E-state index contributed by atoms with van der Waals surface area (Å²) in [5.41, 5.74) is 1.76. The SMILES string of the molecule is CC1C[C@]1(NC(=O)c1ccccn1)C(=O)NCc1ccc(CNCCCCNC2CCCCC2)cc1. The number of hydrogen-bond donors (Lipinski definition) is 4. The van der Waals surface area contributed by atoms with Crippen molar-refractivity contribution in [2.24, 2.45) is 5.92 Å². The van der Waals surface area contributed by atoms with Crippen molar-refractivity contribution in [3.05, 3.63) is 65.5 Å². The highest BCUT2D eigenvalue weighted by atomic mass is 16.2. The summed E-state index contributed by atoms with van der Waals surface area (Å²) in [4.78, 5) is 29.5. The Labute approximate surface area is 215 Å². The van der Waals surface area contributed by atoms with Crippen LogP contribution in [0.1, 0.15) is 79.9 Å². The Balaban J connectivity index is 1.12. The molecule has 2 amide bonds. The number of aromatic nitrogens is 1. The van der Waals surface area contributed by atoms with E-state index < -0.39 is 5.54 Å². The van der Waals surface area contributed by atoms with E-state index in [1.807, 2.05) is 6.92 Å². The summed E-state index contributed by atoms with van der Waals surface area (Å²) in [7, 11) is 0. The highest BCUT2D eigenvalue weighted by molar-refractivity contribution is 5.99. The Morgan fingerprint density at radius 1 is 0.944 bits per heavy atom. The van der Waals surface area contributed by atoms with Gasteiger partial charge in [-0.1, -0.05) is 56.5 Å². The lowest BCUT2D eigenvalue weighted by molar-refractivity contribution is -0.124. The van der Waals surface area contributed by atoms with Gasteiger partial charge >= 0.3 is 0 Å². The minimum Gasteiger partial charge on any atom is -0.350 e. The van der Waals surface area contributed by atoms with Gasteiger partial charge in [-0.2, -0.15) is 0 Å². The second-order valence-corrected chi connectivity index (χ2v) is 10.4. The molecule has 2 aliphatic carbocycles. The molecule has 4 rings (SSSR count). The number of benzene rings is 1. The number of carbonyl (C=O) groups is 2. The second-order valence-electron chi connectivity index (χ2n) is 10.4. The van der Waals surface area contributed by atoms with E-state index in [9.17, 15) is 9.59 Å². The lowest BCUT2D eigenvalue weighted by atomic mass is 9.95. The maximum absolute atomic E-state index is 12.9. The van der Waals surface area contributed by atoms with Crippen LogP contribution in [0.4, 0.5) is 0 Å². The number of nitrogens with zero attached hydrogens (tertiary/aromatic N) is 1. The Morgan fingerprint density at radius 3 is 2.31 bits per heavy atom. The van der Waals surface area contributed by atoms with Gasteiger partial charge in [-0.05, 0) is 74.4 Å². The van der Waals surface area contributed by atoms with Crippen molar-refractivity contribution in [3.8, 4) is 0 Å². The average Bonchev–Trinajstić information content (AvgIpc) is 3.58. The monoisotopic (exact) mass is 491 g/mol. The topological polar surface area (TPSA) is 95.2 Å². The van der Waals surface area contributed by atoms with Crippen LogP contribution in [-0.4, -0.2) is 41.5 Å². The van der Waals surface area contributed by atoms with Crippen LogP contribution in [0.2, 0.25) is 0 Å². The third kappa shape index (κ3) is 7.37. The van der Waals surface area contributed by atoms with Crippen molar-refractivity contribution in [3.63, 3.8) is 0 Å². The van der Waals surface area contributed by atoms with E-state index in [4.69, 9.17) is 0 Å². The first kappa shape index (κ1) is 26.3. The van der Waals surface area contributed by atoms with Gasteiger partial charge in [0.15, 0.2) is 0 Å². The zero-order valence-corrected chi connectivity index (χ0v) is 21.5. The minimum atomic E-state index is -0.843. The number of unbranched alkanes of at least 4 members (excludes halogenated alkanes) is 1. The van der Waals surface area contributed by atoms with Crippen LogP contribution < -0.4 is 21.3 Å². The van der Waals surface area contributed by atoms with E-state index in [2.05, 4.69) is 50.5 Å². The standard InChI is InChI=1S/C29H41N5O2/c1-22-19-29(22,34-27(35)26-11-5-6-18-32-26)28(36)33-21-24-14-12-23(13-15-24)20-30-16-7-8-17-31-25-9-3-2-4-10-25/h5-6,11-15,18,22,25,30-31H,2-4,7-10,16-17,19-21H2,1H3,(H,33,36)(H,34,35)/t22?,29-/m1/s1. The molecule has 0 bridgehead atoms. The van der Waals surface area contributed by atoms with Crippen molar-refractivity contribution in [1.29, 1.82) is 0 Å². The summed E-state index contributed by atoms with van der Waals surface area (Å²) >= 11 is 0. The molecular formula is C29H41N5O2. The van der Waals surface area contributed by atoms with Gasteiger partial charge < -0.3 is 21.3 Å². The quantitative estimate of drug-likeness (QED) is 0.321. The zero-order chi connectivity index (χ0) is 25.2. The van der Waals surface area contributed by atoms with Gasteiger partial charge in [-0.3, -0.25) is 14.6 Å². The van der Waals surface area contributed by atoms with E-state index in [-0.39, 0.29) is 17.7 Å². The summed E-state index contributed by atoms with van der Waals surface area (Å²) in [5.74, 6) is -0.350. The molecule has 1 aromatic heterocycles. The predicted octanol–water partition coefficient (Wildman–Crippen LogP) is 3.70. The highest BCUT2D eigenvalue weighted by Gasteiger charge is 2.58. The predicted molar refractivity (Wildman–Crippen MR) is 142 cm³/mol. The number of amides is 2. The highest BCUT2D eigenvalue weighted by Crippen LogP contribution is 2.43. The van der Waals surface area contributed by atoms with Crippen molar-refractivity contribution in [2.75, 3.05) is 13.1 Å². The van der Waals surface area contributed by atoms with Crippen LogP contribution in [-0.2, 0) is 17.9 Å². The zero-order valence-electron chi connectivity index (χ0n) is 21.5. The molecule has 1 unspecified atom stereocenters. The van der Waals surface area contributed by atoms with Gasteiger partial charge in [-0.25, -0.2) is 0 Å². The Bertz CT molecular complexity index is 975. The lowest BCUT2D eigenvalue weighted by Crippen LogP contribution is -2.50. The molecule has 0 saturated heterocycles. The first-order chi connectivity index (χ1) is 17.6. The van der Waals surface area contributed by atoms with Crippen LogP contribution in [0.5, 0.6) is 0 Å². The molecule has 1 heterocycles. The number of nitrogens with one attached hydrogen (secondary N) is 4. The smallest absolute Gasteiger partial charge is 0.270 e. The fourth-order valence-corrected chi connectivity index (χ4v) is 5.07. The number of carbonyl (C=O) groups excluding carboxylic acids is 2. The molecule has 0 aliphatic heterocycles. The van der Waals surface area contributed by atoms with Gasteiger partial charge in [-0.15, -0.1) is 0 Å². The molecule has 7 heteroatoms. The van der Waals surface area contributed by atoms with Crippen LogP contribution >= 0.6 is 0 Å². The summed E-state index contributed by atoms with van der Waals surface area (Å²) in [6, 6.07) is 14.3. The van der Waals surface area contributed by atoms with E-state index >= 15 is 0 Å². The molecular weight excluding hydrogens is 450 g/mol. The van der Waals surface area contributed by atoms with E-state index in [0.717, 1.165) is 31.2 Å². The molecule has 0 spiro atoms. The van der Waals surface area contributed by atoms with Crippen LogP contribution in [0, 0.1) is 5.92 Å². The van der Waals surface area contributed by atoms with Crippen molar-refractivity contribution in [2.45, 2.75) is 83.0 Å². The third-order valence-corrected chi connectivity index (χ3v) is 7.57. The molecule has 2 saturated carbocycles. The summed E-state index contributed by atoms with van der Waals surface area (Å²) in [6.45, 7) is 5.42. The summed E-state index contributed by atoms with van der Waals surface area (Å²) in [6.07, 6.45) is 11.5. The maximum Gasteiger partial charge on any atom is 0.270 e. The number of pyridine rings is 1. The van der Waals surface area contributed by atoms with Gasteiger partial charge in [0.05, 0.1) is 0 Å². The molecule has 2 aromatic rings. The minimum absolute atomic E-state index is 0.0988. The molecule has 4 N–H and O–H groups in total. The largest absolute Gasteiger partial charge is 0.350 e. The van der Waals surface area contributed by atoms with Crippen molar-refractivity contribution >= 4 is 11.8 Å². The Kier molecular flexibility index (Phi) is 9.47. The first-order valence-electron chi connectivity index (χ1n) is 13.6. The van der Waals surface area contributed by atoms with Crippen LogP contribution in [0.15, 0.2) is 48.7 Å². The fourth-order valence-electron chi connectivity index (χ4n) is 5.07. The van der Waals surface area contributed by atoms with Crippen molar-refractivity contribution < 1.29 is 9.59 Å². The van der Waals surface area contributed by atoms with E-state index in [1.54, 1.807) is 24.4 Å². The lowest BCUT2D eigenvalue weighted by Gasteiger charge is -2.22. The van der Waals surface area contributed by atoms with Gasteiger partial charge in [0, 0.05) is 25.3 Å². The number of hydrogen-bond acceptors (Lipinski definition) is 5. The number of rotatable bonds is 13. The van der Waals surface area contributed by atoms with Crippen LogP contribution in [0.3, 0.4) is 0 Å². The normalized spacial score (nSPS) is 21.6. The van der Waals surface area contributed by atoms with E-state index in [1.165, 1.54) is 50.5 Å². The second kappa shape index (κ2) is 13.0. The maximum atomic E-state index is 12.9. The van der Waals surface area contributed by atoms with Crippen LogP contribution in [0.25, 0.3) is 0 Å². The third-order valence-electron chi connectivity index (χ3n) is 7.57. The van der Waals surface area contributed by atoms with Gasteiger partial charge in [0.25, 0.3) is 5.91 Å². The molecule has 2 atom stereocenters. The summed E-state index contributed by atoms with van der Waals surface area (Å²) in [5, 5.41) is 13.2. The summed E-state index contributed by atoms with van der Waals surface area (Å²) < 4.78 is 0. The molecule has 36 heavy (non-hydrogen) atoms. The average molecular weight is 492 g/mol. The Hall–Kier alpha value is -2.77. The van der Waals surface area contributed by atoms with E-state index in [0.29, 0.717) is 18.7 Å². The molecule has 0 radical (unpaired) electrons. The van der Waals surface area contributed by atoms with Gasteiger partial charge in [0.2, 0.25) is 5.91 Å². The molecule has 2 fully saturated rings. The molecule has 7 nitrogen and oxygen atoms in total. The molecule has 194 valence electrons.